The van der Waals surface area contributed by atoms with Gasteiger partial charge in [-0.05, 0) is 90.5 Å². The fourth-order valence-corrected chi connectivity index (χ4v) is 14.2. The van der Waals surface area contributed by atoms with Crippen LogP contribution in [0.2, 0.25) is 23.7 Å². The average Bonchev–Trinajstić information content (AvgIpc) is 3.92. The zero-order chi connectivity index (χ0) is 40.1. The lowest BCUT2D eigenvalue weighted by Gasteiger charge is -2.39. The molecule has 10 nitrogen and oxygen atoms in total. The average molecular weight is 807 g/mol. The fraction of sp³-hybridized carbons (Fsp3) is 0.400. The minimum atomic E-state index is -2.53. The molecule has 298 valence electrons. The Labute approximate surface area is 340 Å². The first kappa shape index (κ1) is 39.3. The first-order valence-electron chi connectivity index (χ1n) is 20.0. The third-order valence-electron chi connectivity index (χ3n) is 13.0. The SMILES string of the molecule is COc1ccc([Si](C)(C)[C@H]2[C@H](CC(=O)N3Cc4ccccc4C[C@H]3CO)O[C@@]3(C(=O)N(Cc4ccc(NC(=O)[C@H]5CCCN5)cc4)c4ccc(Cl)cc43)[C@@H]2C)cc1. The maximum atomic E-state index is 15.3. The molecule has 0 bridgehead atoms. The van der Waals surface area contributed by atoms with Crippen LogP contribution in [0.1, 0.15) is 48.4 Å². The van der Waals surface area contributed by atoms with E-state index < -0.39 is 19.8 Å². The summed E-state index contributed by atoms with van der Waals surface area (Å²) in [4.78, 5) is 46.2. The highest BCUT2D eigenvalue weighted by Crippen LogP contribution is 2.60. The number of nitrogens with zero attached hydrogens (tertiary/aromatic N) is 2. The number of carbonyl (C=O) groups is 3. The number of carbonyl (C=O) groups excluding carboxylic acids is 3. The van der Waals surface area contributed by atoms with Crippen LogP contribution in [0.5, 0.6) is 5.75 Å². The normalized spacial score (nSPS) is 25.4. The molecular formula is C45H51ClN4O6Si. The molecule has 4 aliphatic heterocycles. The molecule has 2 saturated heterocycles. The van der Waals surface area contributed by atoms with E-state index in [-0.39, 0.29) is 60.8 Å². The van der Waals surface area contributed by atoms with Crippen molar-refractivity contribution in [1.82, 2.24) is 10.2 Å². The molecule has 6 atom stereocenters. The van der Waals surface area contributed by atoms with Gasteiger partial charge in [0.2, 0.25) is 11.8 Å². The Kier molecular flexibility index (Phi) is 10.8. The van der Waals surface area contributed by atoms with Crippen LogP contribution >= 0.6 is 11.6 Å². The fourth-order valence-electron chi connectivity index (χ4n) is 9.99. The number of aliphatic hydroxyl groups is 1. The van der Waals surface area contributed by atoms with E-state index in [0.29, 0.717) is 29.2 Å². The Hall–Kier alpha value is -4.52. The monoisotopic (exact) mass is 806 g/mol. The Balaban J connectivity index is 1.13. The van der Waals surface area contributed by atoms with E-state index in [4.69, 9.17) is 21.1 Å². The van der Waals surface area contributed by atoms with Crippen molar-refractivity contribution in [3.63, 3.8) is 0 Å². The quantitative estimate of drug-likeness (QED) is 0.165. The van der Waals surface area contributed by atoms with E-state index in [1.54, 1.807) is 23.0 Å². The second-order valence-electron chi connectivity index (χ2n) is 16.6. The van der Waals surface area contributed by atoms with Gasteiger partial charge in [0.05, 0.1) is 58.6 Å². The Morgan fingerprint density at radius 1 is 1.04 bits per heavy atom. The van der Waals surface area contributed by atoms with E-state index in [9.17, 15) is 14.7 Å². The van der Waals surface area contributed by atoms with Gasteiger partial charge in [0, 0.05) is 28.7 Å². The molecule has 0 aliphatic carbocycles. The van der Waals surface area contributed by atoms with Crippen molar-refractivity contribution < 1.29 is 29.0 Å². The second-order valence-corrected chi connectivity index (χ2v) is 21.7. The van der Waals surface area contributed by atoms with Crippen molar-refractivity contribution in [3.05, 3.63) is 118 Å². The summed E-state index contributed by atoms with van der Waals surface area (Å²) in [6.45, 7) is 8.07. The van der Waals surface area contributed by atoms with Crippen LogP contribution in [0, 0.1) is 5.92 Å². The van der Waals surface area contributed by atoms with Crippen LogP contribution in [0.3, 0.4) is 0 Å². The Morgan fingerprint density at radius 3 is 2.46 bits per heavy atom. The van der Waals surface area contributed by atoms with Gasteiger partial charge in [-0.1, -0.05) is 85.3 Å². The Morgan fingerprint density at radius 2 is 1.77 bits per heavy atom. The van der Waals surface area contributed by atoms with Crippen LogP contribution in [0.25, 0.3) is 0 Å². The van der Waals surface area contributed by atoms with E-state index in [1.165, 1.54) is 5.19 Å². The molecule has 0 saturated carbocycles. The van der Waals surface area contributed by atoms with Crippen molar-refractivity contribution in [2.24, 2.45) is 5.92 Å². The minimum Gasteiger partial charge on any atom is -0.497 e. The van der Waals surface area contributed by atoms with Gasteiger partial charge in [-0.25, -0.2) is 0 Å². The van der Waals surface area contributed by atoms with Crippen LogP contribution in [-0.2, 0) is 44.2 Å². The highest BCUT2D eigenvalue weighted by molar-refractivity contribution is 6.91. The highest BCUT2D eigenvalue weighted by atomic mass is 35.5. The predicted molar refractivity (Wildman–Crippen MR) is 225 cm³/mol. The maximum absolute atomic E-state index is 15.3. The molecule has 0 unspecified atom stereocenters. The molecule has 8 rings (SSSR count). The molecule has 4 heterocycles. The van der Waals surface area contributed by atoms with E-state index >= 15 is 4.79 Å². The number of nitrogens with one attached hydrogen (secondary N) is 2. The summed E-state index contributed by atoms with van der Waals surface area (Å²) >= 11 is 6.73. The molecule has 4 aliphatic rings. The van der Waals surface area contributed by atoms with Crippen molar-refractivity contribution in [3.8, 4) is 5.75 Å². The third-order valence-corrected chi connectivity index (χ3v) is 17.6. The summed E-state index contributed by atoms with van der Waals surface area (Å²) in [7, 11) is -0.886. The number of ether oxygens (including phenoxy) is 2. The number of anilines is 2. The molecule has 57 heavy (non-hydrogen) atoms. The topological polar surface area (TPSA) is 120 Å². The molecular weight excluding hydrogens is 756 g/mol. The smallest absolute Gasteiger partial charge is 0.264 e. The van der Waals surface area contributed by atoms with Crippen LogP contribution < -0.4 is 25.5 Å². The first-order valence-corrected chi connectivity index (χ1v) is 23.4. The summed E-state index contributed by atoms with van der Waals surface area (Å²) < 4.78 is 12.8. The summed E-state index contributed by atoms with van der Waals surface area (Å²) in [6, 6.07) is 28.8. The number of hydrogen-bond acceptors (Lipinski definition) is 7. The molecule has 3 amide bonds. The van der Waals surface area contributed by atoms with Crippen molar-refractivity contribution >= 4 is 54.0 Å². The Bertz CT molecular complexity index is 2160. The number of amides is 3. The number of rotatable bonds is 10. The zero-order valence-electron chi connectivity index (χ0n) is 33.0. The van der Waals surface area contributed by atoms with E-state index in [0.717, 1.165) is 47.5 Å². The summed E-state index contributed by atoms with van der Waals surface area (Å²) in [5.74, 6) is 0.0970. The maximum Gasteiger partial charge on any atom is 0.264 e. The number of aliphatic hydroxyl groups excluding tert-OH is 1. The molecule has 0 aromatic heterocycles. The number of benzene rings is 4. The number of hydrogen-bond donors (Lipinski definition) is 3. The summed E-state index contributed by atoms with van der Waals surface area (Å²) in [6.07, 6.45) is 1.84. The lowest BCUT2D eigenvalue weighted by atomic mass is 9.82. The molecule has 3 N–H and O–H groups in total. The van der Waals surface area contributed by atoms with Gasteiger partial charge in [-0.2, -0.15) is 0 Å². The molecule has 1 spiro atoms. The van der Waals surface area contributed by atoms with Crippen molar-refractivity contribution in [1.29, 1.82) is 0 Å². The van der Waals surface area contributed by atoms with Crippen LogP contribution in [-0.4, -0.2) is 74.3 Å². The number of halogens is 1. The van der Waals surface area contributed by atoms with Gasteiger partial charge in [0.25, 0.3) is 5.91 Å². The minimum absolute atomic E-state index is 0.0456. The number of fused-ring (bicyclic) bond motifs is 3. The second kappa shape index (κ2) is 15.7. The summed E-state index contributed by atoms with van der Waals surface area (Å²) in [5, 5.41) is 18.4. The van der Waals surface area contributed by atoms with Gasteiger partial charge >= 0.3 is 0 Å². The molecule has 4 aromatic rings. The van der Waals surface area contributed by atoms with Gasteiger partial charge in [0.15, 0.2) is 5.60 Å². The lowest BCUT2D eigenvalue weighted by molar-refractivity contribution is -0.151. The standard InChI is InChI=1S/C45H51ClN4O6Si/c1-28-42(57(3,4)36-18-16-35(55-2)17-19-36)40(24-41(52)49-26-31-9-6-5-8-30(31)22-34(49)27-51)56-45(28)37-23-32(46)13-20-39(37)50(44(45)54)25-29-11-14-33(15-12-29)48-43(53)38-10-7-21-47-38/h5-6,8-9,11-20,23,28,34,38,40,42,47,51H,7,10,21-22,24-27H2,1-4H3,(H,48,53)/t28-,34+,38-,40+,42-,45+/m1/s1. The first-order chi connectivity index (χ1) is 27.4. The van der Waals surface area contributed by atoms with E-state index in [2.05, 4.69) is 48.9 Å². The van der Waals surface area contributed by atoms with Gasteiger partial charge in [0.1, 0.15) is 5.75 Å². The molecule has 2 fully saturated rings. The predicted octanol–water partition coefficient (Wildman–Crippen LogP) is 6.14. The zero-order valence-corrected chi connectivity index (χ0v) is 34.7. The van der Waals surface area contributed by atoms with E-state index in [1.807, 2.05) is 66.7 Å². The van der Waals surface area contributed by atoms with Crippen LogP contribution in [0.15, 0.2) is 91.0 Å². The van der Waals surface area contributed by atoms with Gasteiger partial charge in [-0.3, -0.25) is 14.4 Å². The highest BCUT2D eigenvalue weighted by Gasteiger charge is 2.66. The van der Waals surface area contributed by atoms with Gasteiger partial charge in [-0.15, -0.1) is 0 Å². The molecule has 0 radical (unpaired) electrons. The largest absolute Gasteiger partial charge is 0.497 e. The van der Waals surface area contributed by atoms with Crippen molar-refractivity contribution in [2.75, 3.05) is 30.5 Å². The number of methoxy groups -OCH3 is 1. The van der Waals surface area contributed by atoms with Crippen molar-refractivity contribution in [2.45, 2.75) is 88.1 Å². The van der Waals surface area contributed by atoms with Gasteiger partial charge < -0.3 is 35.0 Å². The lowest BCUT2D eigenvalue weighted by Crippen LogP contribution is -2.52. The van der Waals surface area contributed by atoms with Crippen LogP contribution in [0.4, 0.5) is 11.4 Å². The molecule has 12 heteroatoms. The molecule has 4 aromatic carbocycles. The summed E-state index contributed by atoms with van der Waals surface area (Å²) in [5.41, 5.74) is 3.69. The third kappa shape index (κ3) is 7.07.